The fourth-order valence-electron chi connectivity index (χ4n) is 1.94. The molecule has 1 aromatic rings. The second-order valence-corrected chi connectivity index (χ2v) is 7.08. The molecule has 0 bridgehead atoms. The Bertz CT molecular complexity index is 535. The molecular weight excluding hydrogens is 316 g/mol. The first-order valence-corrected chi connectivity index (χ1v) is 9.01. The van der Waals surface area contributed by atoms with Crippen LogP contribution in [0.1, 0.15) is 37.8 Å². The molecule has 0 N–H and O–H groups in total. The number of allylic oxidation sites excluding steroid dienone is 1. The van der Waals surface area contributed by atoms with Gasteiger partial charge in [-0.05, 0) is 37.5 Å². The van der Waals surface area contributed by atoms with Gasteiger partial charge in [-0.2, -0.15) is 12.6 Å². The molecule has 1 atom stereocenters. The smallest absolute Gasteiger partial charge is 0.215 e. The zero-order chi connectivity index (χ0) is 15.8. The molecular formula is C17H22OS3. The number of hydrogen-bond acceptors (Lipinski definition) is 4. The summed E-state index contributed by atoms with van der Waals surface area (Å²) in [6.45, 7) is 5.98. The third kappa shape index (κ3) is 5.97. The zero-order valence-corrected chi connectivity index (χ0v) is 15.3. The largest absolute Gasteiger partial charge is 0.282 e. The van der Waals surface area contributed by atoms with Gasteiger partial charge in [0, 0.05) is 21.4 Å². The quantitative estimate of drug-likeness (QED) is 0.326. The summed E-state index contributed by atoms with van der Waals surface area (Å²) in [6.07, 6.45) is 3.89. The Labute approximate surface area is 143 Å². The highest BCUT2D eigenvalue weighted by atomic mass is 32.2. The van der Waals surface area contributed by atoms with Crippen LogP contribution in [0.5, 0.6) is 0 Å². The molecule has 0 aliphatic rings. The average Bonchev–Trinajstić information content (AvgIpc) is 2.46. The number of hydrogen-bond donors (Lipinski definition) is 1. The summed E-state index contributed by atoms with van der Waals surface area (Å²) in [5, 5.41) is 0.375. The second-order valence-electron chi connectivity index (χ2n) is 5.01. The first-order chi connectivity index (χ1) is 9.99. The van der Waals surface area contributed by atoms with Crippen LogP contribution < -0.4 is 0 Å². The van der Waals surface area contributed by atoms with Crippen molar-refractivity contribution < 1.29 is 4.79 Å². The van der Waals surface area contributed by atoms with E-state index in [-0.39, 0.29) is 10.4 Å². The molecule has 0 saturated heterocycles. The molecule has 0 aromatic heterocycles. The Hall–Kier alpha value is -0.580. The Morgan fingerprint density at radius 1 is 1.43 bits per heavy atom. The lowest BCUT2D eigenvalue weighted by Gasteiger charge is -2.12. The van der Waals surface area contributed by atoms with Crippen molar-refractivity contribution in [2.75, 3.05) is 5.75 Å². The molecule has 0 amide bonds. The maximum Gasteiger partial charge on any atom is 0.215 e. The highest BCUT2D eigenvalue weighted by Crippen LogP contribution is 2.22. The summed E-state index contributed by atoms with van der Waals surface area (Å²) in [5.74, 6) is 0.722. The van der Waals surface area contributed by atoms with Crippen molar-refractivity contribution in [2.45, 2.75) is 38.9 Å². The molecule has 0 heterocycles. The van der Waals surface area contributed by atoms with Crippen molar-refractivity contribution in [3.63, 3.8) is 0 Å². The van der Waals surface area contributed by atoms with Crippen LogP contribution in [0.25, 0.3) is 0 Å². The number of thiol groups is 1. The topological polar surface area (TPSA) is 17.1 Å². The van der Waals surface area contributed by atoms with Crippen molar-refractivity contribution in [1.29, 1.82) is 0 Å². The SMILES string of the molecule is CCCC(CS)SC(=O)/C(C)=C/C(=S)c1ccccc1C. The number of thioether (sulfide) groups is 1. The Morgan fingerprint density at radius 2 is 2.10 bits per heavy atom. The highest BCUT2D eigenvalue weighted by molar-refractivity contribution is 8.15. The molecule has 1 aromatic carbocycles. The summed E-state index contributed by atoms with van der Waals surface area (Å²) in [6, 6.07) is 7.97. The number of rotatable bonds is 7. The predicted molar refractivity (Wildman–Crippen MR) is 102 cm³/mol. The van der Waals surface area contributed by atoms with Gasteiger partial charge in [-0.3, -0.25) is 4.79 Å². The van der Waals surface area contributed by atoms with Gasteiger partial charge < -0.3 is 0 Å². The van der Waals surface area contributed by atoms with Crippen molar-refractivity contribution in [3.8, 4) is 0 Å². The minimum Gasteiger partial charge on any atom is -0.282 e. The number of aryl methyl sites for hydroxylation is 1. The van der Waals surface area contributed by atoms with Gasteiger partial charge in [-0.1, -0.05) is 61.6 Å². The lowest BCUT2D eigenvalue weighted by molar-refractivity contribution is -0.107. The summed E-state index contributed by atoms with van der Waals surface area (Å²) in [4.78, 5) is 13.0. The van der Waals surface area contributed by atoms with Crippen molar-refractivity contribution in [2.24, 2.45) is 0 Å². The van der Waals surface area contributed by atoms with Gasteiger partial charge in [0.1, 0.15) is 0 Å². The lowest BCUT2D eigenvalue weighted by atomic mass is 10.0. The Kier molecular flexibility index (Phi) is 8.30. The van der Waals surface area contributed by atoms with E-state index >= 15 is 0 Å². The van der Waals surface area contributed by atoms with Crippen LogP contribution in [-0.2, 0) is 4.79 Å². The van der Waals surface area contributed by atoms with Gasteiger partial charge in [0.15, 0.2) is 0 Å². The van der Waals surface area contributed by atoms with Crippen LogP contribution in [0, 0.1) is 6.92 Å². The van der Waals surface area contributed by atoms with E-state index in [1.165, 1.54) is 11.8 Å². The van der Waals surface area contributed by atoms with Gasteiger partial charge in [-0.15, -0.1) is 0 Å². The minimum atomic E-state index is 0.0958. The van der Waals surface area contributed by atoms with Gasteiger partial charge >= 0.3 is 0 Å². The van der Waals surface area contributed by atoms with Gasteiger partial charge in [-0.25, -0.2) is 0 Å². The van der Waals surface area contributed by atoms with Crippen molar-refractivity contribution in [3.05, 3.63) is 47.0 Å². The van der Waals surface area contributed by atoms with Crippen LogP contribution >= 0.6 is 36.6 Å². The van der Waals surface area contributed by atoms with E-state index in [0.717, 1.165) is 34.6 Å². The molecule has 0 aliphatic heterocycles. The number of thiocarbonyl (C=S) groups is 1. The van der Waals surface area contributed by atoms with E-state index in [4.69, 9.17) is 12.2 Å². The fraction of sp³-hybridized carbons (Fsp3) is 0.412. The van der Waals surface area contributed by atoms with Gasteiger partial charge in [0.2, 0.25) is 5.12 Å². The number of carbonyl (C=O) groups excluding carboxylic acids is 1. The summed E-state index contributed by atoms with van der Waals surface area (Å²) in [7, 11) is 0. The highest BCUT2D eigenvalue weighted by Gasteiger charge is 2.14. The van der Waals surface area contributed by atoms with Crippen molar-refractivity contribution in [1.82, 2.24) is 0 Å². The molecule has 4 heteroatoms. The maximum absolute atomic E-state index is 12.2. The molecule has 0 fully saturated rings. The van der Waals surface area contributed by atoms with Crippen LogP contribution in [0.15, 0.2) is 35.9 Å². The van der Waals surface area contributed by atoms with E-state index in [1.807, 2.05) is 44.2 Å². The molecule has 1 unspecified atom stereocenters. The Morgan fingerprint density at radius 3 is 2.67 bits per heavy atom. The van der Waals surface area contributed by atoms with Crippen molar-refractivity contribution >= 4 is 46.6 Å². The van der Waals surface area contributed by atoms with E-state index < -0.39 is 0 Å². The molecule has 21 heavy (non-hydrogen) atoms. The lowest BCUT2D eigenvalue weighted by Crippen LogP contribution is -2.10. The monoisotopic (exact) mass is 338 g/mol. The standard InChI is InChI=1S/C17H22OS3/c1-4-7-14(11-19)21-17(18)13(3)10-16(20)15-9-6-5-8-12(15)2/h5-6,8-10,14,19H,4,7,11H2,1-3H3/b13-10+. The molecule has 0 radical (unpaired) electrons. The Balaban J connectivity index is 2.77. The third-order valence-electron chi connectivity index (χ3n) is 3.17. The predicted octanol–water partition coefficient (Wildman–Crippen LogP) is 5.02. The minimum absolute atomic E-state index is 0.0958. The number of benzene rings is 1. The molecule has 0 aliphatic carbocycles. The fourth-order valence-corrected chi connectivity index (χ4v) is 3.72. The van der Waals surface area contributed by atoms with Crippen LogP contribution in [-0.4, -0.2) is 21.0 Å². The second kappa shape index (κ2) is 9.44. The molecule has 114 valence electrons. The first-order valence-electron chi connectivity index (χ1n) is 7.09. The van der Waals surface area contributed by atoms with Gasteiger partial charge in [0.05, 0.1) is 0 Å². The molecule has 1 rings (SSSR count). The first kappa shape index (κ1) is 18.5. The van der Waals surface area contributed by atoms with E-state index in [0.29, 0.717) is 5.57 Å². The normalized spacial score (nSPS) is 13.0. The van der Waals surface area contributed by atoms with E-state index in [2.05, 4.69) is 19.6 Å². The van der Waals surface area contributed by atoms with E-state index in [1.54, 1.807) is 0 Å². The molecule has 0 saturated carbocycles. The van der Waals surface area contributed by atoms with Crippen LogP contribution in [0.2, 0.25) is 0 Å². The summed E-state index contributed by atoms with van der Waals surface area (Å²) in [5.41, 5.74) is 2.85. The average molecular weight is 339 g/mol. The van der Waals surface area contributed by atoms with Crippen LogP contribution in [0.3, 0.4) is 0 Å². The molecule has 1 nitrogen and oxygen atoms in total. The van der Waals surface area contributed by atoms with Crippen LogP contribution in [0.4, 0.5) is 0 Å². The van der Waals surface area contributed by atoms with E-state index in [9.17, 15) is 4.79 Å². The summed E-state index contributed by atoms with van der Waals surface area (Å²) >= 11 is 11.1. The third-order valence-corrected chi connectivity index (χ3v) is 5.47. The molecule has 0 spiro atoms. The zero-order valence-electron chi connectivity index (χ0n) is 12.8. The summed E-state index contributed by atoms with van der Waals surface area (Å²) < 4.78 is 0. The number of carbonyl (C=O) groups is 1. The van der Waals surface area contributed by atoms with Gasteiger partial charge in [0.25, 0.3) is 0 Å². The maximum atomic E-state index is 12.2.